The second-order valence-electron chi connectivity index (χ2n) is 5.99. The van der Waals surface area contributed by atoms with E-state index in [1.165, 1.54) is 44.4 Å². The quantitative estimate of drug-likeness (QED) is 0.640. The Balaban J connectivity index is 1.92. The van der Waals surface area contributed by atoms with E-state index < -0.39 is 0 Å². The predicted molar refractivity (Wildman–Crippen MR) is 94.2 cm³/mol. The van der Waals surface area contributed by atoms with Crippen LogP contribution in [-0.2, 0) is 0 Å². The first-order valence-corrected chi connectivity index (χ1v) is 10.1. The van der Waals surface area contributed by atoms with Crippen LogP contribution in [-0.4, -0.2) is 59.5 Å². The summed E-state index contributed by atoms with van der Waals surface area (Å²) < 4.78 is 0.513. The molecule has 1 aliphatic heterocycles. The van der Waals surface area contributed by atoms with Crippen molar-refractivity contribution in [1.29, 1.82) is 0 Å². The van der Waals surface area contributed by atoms with E-state index in [1.807, 2.05) is 18.8 Å². The number of thioether (sulfide) groups is 2. The highest BCUT2D eigenvalue weighted by Gasteiger charge is 2.38. The van der Waals surface area contributed by atoms with E-state index in [-0.39, 0.29) is 0 Å². The van der Waals surface area contributed by atoms with E-state index in [9.17, 15) is 0 Å². The molecule has 116 valence electrons. The normalized spacial score (nSPS) is 24.8. The lowest BCUT2D eigenvalue weighted by molar-refractivity contribution is 0.293. The summed E-state index contributed by atoms with van der Waals surface area (Å²) in [6.07, 6.45) is 9.22. The van der Waals surface area contributed by atoms with E-state index >= 15 is 0 Å². The molecule has 1 unspecified atom stereocenters. The van der Waals surface area contributed by atoms with Crippen LogP contribution in [0.1, 0.15) is 39.0 Å². The molecule has 20 heavy (non-hydrogen) atoms. The fourth-order valence-electron chi connectivity index (χ4n) is 3.17. The SMILES string of the molecule is CN=C(NCC(C)SC)N1CCSC2(CCCCC2)C1. The third kappa shape index (κ3) is 4.23. The Morgan fingerprint density at radius 1 is 1.40 bits per heavy atom. The first-order valence-electron chi connectivity index (χ1n) is 7.81. The molecule has 0 radical (unpaired) electrons. The standard InChI is InChI=1S/C15H29N3S2/c1-13(19-3)11-17-14(16-2)18-9-10-20-15(12-18)7-5-4-6-8-15/h13H,4-12H2,1-3H3,(H,16,17). The molecular weight excluding hydrogens is 286 g/mol. The average molecular weight is 316 g/mol. The van der Waals surface area contributed by atoms with Gasteiger partial charge in [0.2, 0.25) is 0 Å². The second kappa shape index (κ2) is 7.83. The smallest absolute Gasteiger partial charge is 0.193 e. The largest absolute Gasteiger partial charge is 0.355 e. The van der Waals surface area contributed by atoms with Crippen LogP contribution in [0.3, 0.4) is 0 Å². The zero-order valence-corrected chi connectivity index (χ0v) is 14.8. The van der Waals surface area contributed by atoms with Crippen LogP contribution in [0.4, 0.5) is 0 Å². The molecule has 1 saturated heterocycles. The fraction of sp³-hybridized carbons (Fsp3) is 0.933. The summed E-state index contributed by atoms with van der Waals surface area (Å²) in [5.41, 5.74) is 0. The van der Waals surface area contributed by atoms with E-state index in [1.54, 1.807) is 0 Å². The molecule has 0 aromatic carbocycles. The molecule has 2 fully saturated rings. The van der Waals surface area contributed by atoms with Crippen molar-refractivity contribution in [2.75, 3.05) is 38.7 Å². The highest BCUT2D eigenvalue weighted by Crippen LogP contribution is 2.42. The van der Waals surface area contributed by atoms with Gasteiger partial charge in [0.05, 0.1) is 0 Å². The van der Waals surface area contributed by atoms with Gasteiger partial charge in [-0.3, -0.25) is 4.99 Å². The van der Waals surface area contributed by atoms with Gasteiger partial charge in [0, 0.05) is 42.4 Å². The van der Waals surface area contributed by atoms with Crippen molar-refractivity contribution in [2.24, 2.45) is 4.99 Å². The van der Waals surface area contributed by atoms with Gasteiger partial charge in [-0.2, -0.15) is 23.5 Å². The highest BCUT2D eigenvalue weighted by molar-refractivity contribution is 8.00. The fourth-order valence-corrected chi connectivity index (χ4v) is 4.99. The lowest BCUT2D eigenvalue weighted by Gasteiger charge is -2.45. The van der Waals surface area contributed by atoms with Crippen molar-refractivity contribution >= 4 is 29.5 Å². The first-order chi connectivity index (χ1) is 9.69. The molecule has 0 bridgehead atoms. The van der Waals surface area contributed by atoms with Crippen molar-refractivity contribution in [3.8, 4) is 0 Å². The number of aliphatic imine (C=N–C) groups is 1. The number of rotatable bonds is 3. The Bertz CT molecular complexity index is 322. The van der Waals surface area contributed by atoms with Crippen molar-refractivity contribution in [3.63, 3.8) is 0 Å². The summed E-state index contributed by atoms with van der Waals surface area (Å²) in [7, 11) is 1.92. The average Bonchev–Trinajstić information content (AvgIpc) is 2.48. The molecule has 1 saturated carbocycles. The van der Waals surface area contributed by atoms with Gasteiger partial charge in [-0.05, 0) is 19.1 Å². The number of hydrogen-bond acceptors (Lipinski definition) is 3. The van der Waals surface area contributed by atoms with Crippen LogP contribution in [0.15, 0.2) is 4.99 Å². The van der Waals surface area contributed by atoms with Gasteiger partial charge in [-0.15, -0.1) is 0 Å². The third-order valence-corrected chi connectivity index (χ3v) is 6.98. The van der Waals surface area contributed by atoms with Crippen LogP contribution < -0.4 is 5.32 Å². The van der Waals surface area contributed by atoms with Gasteiger partial charge >= 0.3 is 0 Å². The van der Waals surface area contributed by atoms with Crippen LogP contribution in [0.5, 0.6) is 0 Å². The Morgan fingerprint density at radius 3 is 2.80 bits per heavy atom. The molecule has 2 aliphatic rings. The third-order valence-electron chi connectivity index (χ3n) is 4.47. The summed E-state index contributed by atoms with van der Waals surface area (Å²) in [4.78, 5) is 7.00. The lowest BCUT2D eigenvalue weighted by atomic mass is 9.87. The van der Waals surface area contributed by atoms with Gasteiger partial charge in [0.15, 0.2) is 5.96 Å². The summed E-state index contributed by atoms with van der Waals surface area (Å²) >= 11 is 4.12. The molecule has 3 nitrogen and oxygen atoms in total. The van der Waals surface area contributed by atoms with Crippen molar-refractivity contribution in [1.82, 2.24) is 10.2 Å². The predicted octanol–water partition coefficient (Wildman–Crippen LogP) is 3.07. The zero-order valence-electron chi connectivity index (χ0n) is 13.2. The summed E-state index contributed by atoms with van der Waals surface area (Å²) in [5, 5.41) is 4.19. The van der Waals surface area contributed by atoms with Gasteiger partial charge in [-0.25, -0.2) is 0 Å². The van der Waals surface area contributed by atoms with E-state index in [0.717, 1.165) is 19.0 Å². The Hall–Kier alpha value is -0.0300. The molecule has 0 amide bonds. The maximum absolute atomic E-state index is 4.51. The maximum atomic E-state index is 4.51. The number of hydrogen-bond donors (Lipinski definition) is 1. The minimum Gasteiger partial charge on any atom is -0.355 e. The molecule has 1 spiro atoms. The summed E-state index contributed by atoms with van der Waals surface area (Å²) in [5.74, 6) is 2.36. The van der Waals surface area contributed by atoms with Gasteiger partial charge in [0.25, 0.3) is 0 Å². The number of nitrogens with one attached hydrogen (secondary N) is 1. The van der Waals surface area contributed by atoms with E-state index in [0.29, 0.717) is 10.00 Å². The van der Waals surface area contributed by atoms with Gasteiger partial charge in [-0.1, -0.05) is 26.2 Å². The molecule has 2 rings (SSSR count). The zero-order chi connectivity index (χ0) is 14.4. The molecule has 0 aromatic heterocycles. The lowest BCUT2D eigenvalue weighted by Crippen LogP contribution is -2.54. The topological polar surface area (TPSA) is 27.6 Å². The van der Waals surface area contributed by atoms with Crippen LogP contribution in [0.2, 0.25) is 0 Å². The van der Waals surface area contributed by atoms with Crippen molar-refractivity contribution in [3.05, 3.63) is 0 Å². The second-order valence-corrected chi connectivity index (χ2v) is 8.83. The molecule has 1 heterocycles. The maximum Gasteiger partial charge on any atom is 0.193 e. The Morgan fingerprint density at radius 2 is 2.15 bits per heavy atom. The van der Waals surface area contributed by atoms with Crippen molar-refractivity contribution in [2.45, 2.75) is 49.0 Å². The molecule has 1 atom stereocenters. The Labute approximate surface area is 132 Å². The molecule has 0 aromatic rings. The molecule has 5 heteroatoms. The molecule has 1 aliphatic carbocycles. The molecule has 1 N–H and O–H groups in total. The van der Waals surface area contributed by atoms with Crippen molar-refractivity contribution < 1.29 is 0 Å². The van der Waals surface area contributed by atoms with Gasteiger partial charge < -0.3 is 10.2 Å². The minimum absolute atomic E-state index is 0.513. The number of guanidine groups is 1. The minimum atomic E-state index is 0.513. The highest BCUT2D eigenvalue weighted by atomic mass is 32.2. The summed E-state index contributed by atoms with van der Waals surface area (Å²) in [6, 6.07) is 0. The summed E-state index contributed by atoms with van der Waals surface area (Å²) in [6.45, 7) is 5.59. The van der Waals surface area contributed by atoms with Crippen LogP contribution in [0, 0.1) is 0 Å². The Kier molecular flexibility index (Phi) is 6.40. The van der Waals surface area contributed by atoms with E-state index in [4.69, 9.17) is 0 Å². The monoisotopic (exact) mass is 315 g/mol. The van der Waals surface area contributed by atoms with E-state index in [2.05, 4.69) is 40.2 Å². The van der Waals surface area contributed by atoms with Crippen LogP contribution >= 0.6 is 23.5 Å². The number of nitrogens with zero attached hydrogens (tertiary/aromatic N) is 2. The first kappa shape index (κ1) is 16.3. The molecular formula is C15H29N3S2. The van der Waals surface area contributed by atoms with Crippen LogP contribution in [0.25, 0.3) is 0 Å². The van der Waals surface area contributed by atoms with Gasteiger partial charge in [0.1, 0.15) is 0 Å².